The Balaban J connectivity index is 1.27. The molecule has 0 spiro atoms. The van der Waals surface area contributed by atoms with Crippen molar-refractivity contribution in [3.05, 3.63) is 80.8 Å². The standard InChI is InChI=1S/C27H31N5O2S3/c1-18-5-3-7-20(13-18)15-22(33)17-26-32-31-25(37-26)10-12-35-11-9-23(28)36-27(29)30-24(34)16-21-8-4-6-19(2)14-21/h3-8,13-14,28H,9-12,15-17H2,1-2H3,(H2,29,30,34). The molecule has 0 unspecified atom stereocenters. The minimum atomic E-state index is -0.251. The van der Waals surface area contributed by atoms with Crippen LogP contribution in [0.3, 0.4) is 0 Å². The molecule has 10 heteroatoms. The number of aromatic nitrogens is 2. The van der Waals surface area contributed by atoms with E-state index >= 15 is 0 Å². The highest BCUT2D eigenvalue weighted by molar-refractivity contribution is 8.26. The average molecular weight is 554 g/mol. The number of amides is 1. The normalized spacial score (nSPS) is 10.8. The van der Waals surface area contributed by atoms with Gasteiger partial charge in [-0.2, -0.15) is 11.8 Å². The van der Waals surface area contributed by atoms with Crippen LogP contribution in [-0.4, -0.2) is 43.6 Å². The summed E-state index contributed by atoms with van der Waals surface area (Å²) >= 11 is 4.17. The summed E-state index contributed by atoms with van der Waals surface area (Å²) < 4.78 is 0. The molecule has 3 aromatic rings. The van der Waals surface area contributed by atoms with Gasteiger partial charge in [0.25, 0.3) is 0 Å². The SMILES string of the molecule is Cc1cccc(CC(=O)Cc2nnc(CCSCCC(=N)SC(=N)NC(=O)Cc3cccc(C)c3)s2)c1. The molecule has 0 bridgehead atoms. The fourth-order valence-corrected chi connectivity index (χ4v) is 6.18. The van der Waals surface area contributed by atoms with Crippen LogP contribution in [0.4, 0.5) is 0 Å². The molecule has 3 rings (SSSR count). The van der Waals surface area contributed by atoms with Gasteiger partial charge in [0.15, 0.2) is 5.17 Å². The summed E-state index contributed by atoms with van der Waals surface area (Å²) in [4.78, 5) is 24.5. The number of rotatable bonds is 12. The predicted octanol–water partition coefficient (Wildman–Crippen LogP) is 5.18. The zero-order valence-electron chi connectivity index (χ0n) is 21.0. The number of thioether (sulfide) groups is 2. The second-order valence-corrected chi connectivity index (χ2v) is 12.1. The van der Waals surface area contributed by atoms with E-state index < -0.39 is 0 Å². The zero-order chi connectivity index (χ0) is 26.6. The van der Waals surface area contributed by atoms with Crippen LogP contribution in [-0.2, 0) is 35.3 Å². The second kappa shape index (κ2) is 14.8. The van der Waals surface area contributed by atoms with Gasteiger partial charge in [0.1, 0.15) is 15.8 Å². The van der Waals surface area contributed by atoms with Gasteiger partial charge in [0.2, 0.25) is 5.91 Å². The lowest BCUT2D eigenvalue weighted by molar-refractivity contribution is -0.119. The molecule has 0 aliphatic carbocycles. The Kier molecular flexibility index (Phi) is 11.5. The molecule has 0 aliphatic heterocycles. The molecule has 3 N–H and O–H groups in total. The van der Waals surface area contributed by atoms with E-state index in [0.717, 1.165) is 62.0 Å². The van der Waals surface area contributed by atoms with Crippen molar-refractivity contribution < 1.29 is 9.59 Å². The highest BCUT2D eigenvalue weighted by Gasteiger charge is 2.12. The molecule has 1 heterocycles. The second-order valence-electron chi connectivity index (χ2n) is 8.65. The van der Waals surface area contributed by atoms with Crippen LogP contribution in [0.1, 0.15) is 38.7 Å². The van der Waals surface area contributed by atoms with Crippen molar-refractivity contribution in [3.63, 3.8) is 0 Å². The van der Waals surface area contributed by atoms with Gasteiger partial charge in [-0.3, -0.25) is 20.4 Å². The smallest absolute Gasteiger partial charge is 0.230 e. The van der Waals surface area contributed by atoms with E-state index in [9.17, 15) is 9.59 Å². The van der Waals surface area contributed by atoms with Crippen LogP contribution in [0.25, 0.3) is 0 Å². The molecule has 1 amide bonds. The van der Waals surface area contributed by atoms with Gasteiger partial charge < -0.3 is 5.32 Å². The lowest BCUT2D eigenvalue weighted by atomic mass is 10.1. The highest BCUT2D eigenvalue weighted by atomic mass is 32.2. The number of Topliss-reactive ketones (excluding diaryl/α,β-unsaturated/α-hetero) is 1. The van der Waals surface area contributed by atoms with Crippen molar-refractivity contribution in [2.45, 2.75) is 46.0 Å². The van der Waals surface area contributed by atoms with Gasteiger partial charge in [-0.25, -0.2) is 0 Å². The molecule has 0 radical (unpaired) electrons. The third-order valence-corrected chi connectivity index (χ3v) is 7.93. The van der Waals surface area contributed by atoms with E-state index in [1.54, 1.807) is 11.8 Å². The lowest BCUT2D eigenvalue weighted by Gasteiger charge is -2.08. The van der Waals surface area contributed by atoms with Crippen molar-refractivity contribution in [2.24, 2.45) is 0 Å². The number of nitrogens with zero attached hydrogens (tertiary/aromatic N) is 2. The van der Waals surface area contributed by atoms with E-state index in [1.165, 1.54) is 11.3 Å². The summed E-state index contributed by atoms with van der Waals surface area (Å²) in [5, 5.41) is 29.0. The number of amidine groups is 1. The molecule has 0 saturated carbocycles. The van der Waals surface area contributed by atoms with Crippen LogP contribution >= 0.6 is 34.9 Å². The Bertz CT molecular complexity index is 1260. The van der Waals surface area contributed by atoms with Crippen LogP contribution in [0.15, 0.2) is 48.5 Å². The average Bonchev–Trinajstić information content (AvgIpc) is 3.25. The number of carbonyl (C=O) groups is 2. The fraction of sp³-hybridized carbons (Fsp3) is 0.333. The zero-order valence-corrected chi connectivity index (χ0v) is 23.5. The maximum absolute atomic E-state index is 12.4. The molecule has 2 aromatic carbocycles. The number of nitrogens with one attached hydrogen (secondary N) is 3. The Hall–Kier alpha value is -2.82. The number of ketones is 1. The minimum Gasteiger partial charge on any atom is -0.305 e. The topological polar surface area (TPSA) is 120 Å². The van der Waals surface area contributed by atoms with E-state index in [1.807, 2.05) is 62.4 Å². The van der Waals surface area contributed by atoms with Crippen molar-refractivity contribution in [3.8, 4) is 0 Å². The van der Waals surface area contributed by atoms with Crippen LogP contribution in [0.2, 0.25) is 0 Å². The third-order valence-electron chi connectivity index (χ3n) is 5.20. The van der Waals surface area contributed by atoms with E-state index in [-0.39, 0.29) is 23.3 Å². The van der Waals surface area contributed by atoms with E-state index in [4.69, 9.17) is 10.8 Å². The molecule has 37 heavy (non-hydrogen) atoms. The first-order chi connectivity index (χ1) is 17.8. The molecule has 1 aromatic heterocycles. The van der Waals surface area contributed by atoms with Crippen molar-refractivity contribution in [2.75, 3.05) is 11.5 Å². The number of hydrogen-bond acceptors (Lipinski definition) is 9. The minimum absolute atomic E-state index is 0.0222. The molecule has 0 atom stereocenters. The van der Waals surface area contributed by atoms with Crippen LogP contribution in [0, 0.1) is 24.7 Å². The molecular weight excluding hydrogens is 523 g/mol. The van der Waals surface area contributed by atoms with Gasteiger partial charge in [0.05, 0.1) is 17.9 Å². The van der Waals surface area contributed by atoms with Crippen molar-refractivity contribution >= 4 is 56.8 Å². The van der Waals surface area contributed by atoms with Crippen molar-refractivity contribution in [1.82, 2.24) is 15.5 Å². The maximum atomic E-state index is 12.4. The van der Waals surface area contributed by atoms with Crippen molar-refractivity contribution in [1.29, 1.82) is 10.8 Å². The third kappa shape index (κ3) is 11.0. The Morgan fingerprint density at radius 2 is 1.54 bits per heavy atom. The summed E-state index contributed by atoms with van der Waals surface area (Å²) in [7, 11) is 0. The summed E-state index contributed by atoms with van der Waals surface area (Å²) in [6, 6.07) is 15.7. The quantitative estimate of drug-likeness (QED) is 0.162. The molecule has 0 fully saturated rings. The highest BCUT2D eigenvalue weighted by Crippen LogP contribution is 2.17. The summed E-state index contributed by atoms with van der Waals surface area (Å²) in [6.07, 6.45) is 2.22. The van der Waals surface area contributed by atoms with Gasteiger partial charge >= 0.3 is 0 Å². The summed E-state index contributed by atoms with van der Waals surface area (Å²) in [6.45, 7) is 3.99. The number of carbonyl (C=O) groups excluding carboxylic acids is 2. The Morgan fingerprint density at radius 3 is 2.22 bits per heavy atom. The van der Waals surface area contributed by atoms with Gasteiger partial charge in [-0.1, -0.05) is 59.7 Å². The maximum Gasteiger partial charge on any atom is 0.230 e. The first-order valence-corrected chi connectivity index (χ1v) is 14.7. The van der Waals surface area contributed by atoms with Gasteiger partial charge in [0, 0.05) is 19.3 Å². The number of benzene rings is 2. The fourth-order valence-electron chi connectivity index (χ4n) is 3.55. The number of aryl methyl sites for hydroxylation is 3. The first kappa shape index (κ1) is 28.7. The monoisotopic (exact) mass is 553 g/mol. The van der Waals surface area contributed by atoms with E-state index in [0.29, 0.717) is 24.3 Å². The molecule has 0 saturated heterocycles. The molecule has 194 valence electrons. The number of hydrogen-bond donors (Lipinski definition) is 3. The van der Waals surface area contributed by atoms with Crippen LogP contribution < -0.4 is 5.32 Å². The summed E-state index contributed by atoms with van der Waals surface area (Å²) in [5.41, 5.74) is 4.16. The van der Waals surface area contributed by atoms with Gasteiger partial charge in [-0.15, -0.1) is 21.5 Å². The van der Waals surface area contributed by atoms with Gasteiger partial charge in [-0.05, 0) is 48.2 Å². The molecule has 0 aliphatic rings. The van der Waals surface area contributed by atoms with E-state index in [2.05, 4.69) is 15.5 Å². The lowest BCUT2D eigenvalue weighted by Crippen LogP contribution is -2.29. The predicted molar refractivity (Wildman–Crippen MR) is 155 cm³/mol. The molecular formula is C27H31N5O2S3. The Morgan fingerprint density at radius 1 is 0.892 bits per heavy atom. The summed E-state index contributed by atoms with van der Waals surface area (Å²) in [5.74, 6) is 1.47. The Labute approximate surface area is 230 Å². The largest absolute Gasteiger partial charge is 0.305 e. The molecule has 7 nitrogen and oxygen atoms in total. The first-order valence-electron chi connectivity index (χ1n) is 11.9. The van der Waals surface area contributed by atoms with Crippen LogP contribution in [0.5, 0.6) is 0 Å².